The first kappa shape index (κ1) is 11.5. The third-order valence-corrected chi connectivity index (χ3v) is 3.92. The molecule has 1 N–H and O–H groups in total. The van der Waals surface area contributed by atoms with Crippen molar-refractivity contribution in [2.45, 2.75) is 31.6 Å². The lowest BCUT2D eigenvalue weighted by atomic mass is 9.71. The Morgan fingerprint density at radius 1 is 1.25 bits per heavy atom. The summed E-state index contributed by atoms with van der Waals surface area (Å²) in [6.07, 6.45) is 3.61. The average molecular weight is 219 g/mol. The summed E-state index contributed by atoms with van der Waals surface area (Å²) in [7, 11) is 1.77. The van der Waals surface area contributed by atoms with Crippen molar-refractivity contribution >= 4 is 0 Å². The number of piperidine rings is 1. The number of hydrogen-bond acceptors (Lipinski definition) is 2. The molecule has 1 heterocycles. The summed E-state index contributed by atoms with van der Waals surface area (Å²) in [5.74, 6) is 1.05. The fraction of sp³-hybridized carbons (Fsp3) is 0.571. The van der Waals surface area contributed by atoms with Gasteiger partial charge >= 0.3 is 0 Å². The quantitative estimate of drug-likeness (QED) is 0.844. The number of rotatable bonds is 3. The minimum atomic E-state index is 0.317. The Hall–Kier alpha value is -1.02. The van der Waals surface area contributed by atoms with Crippen LogP contribution in [0, 0.1) is 0 Å². The maximum absolute atomic E-state index is 5.51. The molecule has 1 aromatic rings. The third-order valence-electron chi connectivity index (χ3n) is 3.92. The van der Waals surface area contributed by atoms with E-state index in [2.05, 4.69) is 30.4 Å². The van der Waals surface area contributed by atoms with Gasteiger partial charge in [0.05, 0.1) is 7.11 Å². The van der Waals surface area contributed by atoms with Crippen molar-refractivity contribution in [3.8, 4) is 5.75 Å². The topological polar surface area (TPSA) is 21.3 Å². The minimum absolute atomic E-state index is 0.317. The van der Waals surface area contributed by atoms with Gasteiger partial charge < -0.3 is 10.1 Å². The van der Waals surface area contributed by atoms with Crippen molar-refractivity contribution < 1.29 is 4.74 Å². The van der Waals surface area contributed by atoms with Gasteiger partial charge in [0.1, 0.15) is 5.75 Å². The predicted octanol–water partition coefficient (Wildman–Crippen LogP) is 2.73. The SMILES string of the molecule is CCC1(c2ccccc2OC)CCNCC1. The highest BCUT2D eigenvalue weighted by Gasteiger charge is 2.34. The smallest absolute Gasteiger partial charge is 0.122 e. The molecule has 0 radical (unpaired) electrons. The molecule has 0 atom stereocenters. The number of benzene rings is 1. The monoisotopic (exact) mass is 219 g/mol. The van der Waals surface area contributed by atoms with Crippen molar-refractivity contribution in [2.24, 2.45) is 0 Å². The number of hydrogen-bond donors (Lipinski definition) is 1. The molecular weight excluding hydrogens is 198 g/mol. The van der Waals surface area contributed by atoms with Crippen LogP contribution in [0.15, 0.2) is 24.3 Å². The Kier molecular flexibility index (Phi) is 3.49. The zero-order valence-electron chi connectivity index (χ0n) is 10.3. The first-order valence-electron chi connectivity index (χ1n) is 6.16. The van der Waals surface area contributed by atoms with Gasteiger partial charge in [-0.25, -0.2) is 0 Å². The molecule has 16 heavy (non-hydrogen) atoms. The van der Waals surface area contributed by atoms with Crippen LogP contribution in [0.5, 0.6) is 5.75 Å². The Morgan fingerprint density at radius 2 is 1.94 bits per heavy atom. The van der Waals surface area contributed by atoms with E-state index < -0.39 is 0 Å². The van der Waals surface area contributed by atoms with Crippen molar-refractivity contribution in [3.05, 3.63) is 29.8 Å². The van der Waals surface area contributed by atoms with E-state index in [1.165, 1.54) is 24.8 Å². The average Bonchev–Trinajstić information content (AvgIpc) is 2.39. The molecule has 88 valence electrons. The Labute approximate surface area is 98.0 Å². The minimum Gasteiger partial charge on any atom is -0.496 e. The molecule has 1 saturated heterocycles. The lowest BCUT2D eigenvalue weighted by molar-refractivity contribution is 0.285. The Bertz CT molecular complexity index is 342. The summed E-state index contributed by atoms with van der Waals surface area (Å²) in [6.45, 7) is 4.52. The number of nitrogens with one attached hydrogen (secondary N) is 1. The normalized spacial score (nSPS) is 19.4. The van der Waals surface area contributed by atoms with Gasteiger partial charge in [-0.15, -0.1) is 0 Å². The van der Waals surface area contributed by atoms with Crippen molar-refractivity contribution in [2.75, 3.05) is 20.2 Å². The number of ether oxygens (including phenoxy) is 1. The van der Waals surface area contributed by atoms with E-state index >= 15 is 0 Å². The predicted molar refractivity (Wildman–Crippen MR) is 67.1 cm³/mol. The second kappa shape index (κ2) is 4.88. The maximum atomic E-state index is 5.51. The van der Waals surface area contributed by atoms with Crippen LogP contribution >= 0.6 is 0 Å². The molecule has 0 amide bonds. The second-order valence-electron chi connectivity index (χ2n) is 4.58. The summed E-state index contributed by atoms with van der Waals surface area (Å²) in [5.41, 5.74) is 1.71. The standard InChI is InChI=1S/C14H21NO/c1-3-14(8-10-15-11-9-14)12-6-4-5-7-13(12)16-2/h4-7,15H,3,8-11H2,1-2H3. The van der Waals surface area contributed by atoms with Gasteiger partial charge in [-0.1, -0.05) is 25.1 Å². The van der Waals surface area contributed by atoms with Crippen molar-refractivity contribution in [1.29, 1.82) is 0 Å². The molecule has 0 unspecified atom stereocenters. The van der Waals surface area contributed by atoms with Gasteiger partial charge in [0.15, 0.2) is 0 Å². The molecule has 0 bridgehead atoms. The van der Waals surface area contributed by atoms with Gasteiger partial charge in [-0.3, -0.25) is 0 Å². The van der Waals surface area contributed by atoms with Crippen LogP contribution in [0.3, 0.4) is 0 Å². The van der Waals surface area contributed by atoms with Crippen LogP contribution in [0.25, 0.3) is 0 Å². The van der Waals surface area contributed by atoms with E-state index in [0.29, 0.717) is 5.41 Å². The van der Waals surface area contributed by atoms with Crippen LogP contribution in [0.2, 0.25) is 0 Å². The van der Waals surface area contributed by atoms with Gasteiger partial charge in [-0.2, -0.15) is 0 Å². The summed E-state index contributed by atoms with van der Waals surface area (Å²) in [5, 5.41) is 3.44. The lowest BCUT2D eigenvalue weighted by Gasteiger charge is -2.38. The molecule has 0 spiro atoms. The molecule has 2 rings (SSSR count). The van der Waals surface area contributed by atoms with E-state index in [-0.39, 0.29) is 0 Å². The lowest BCUT2D eigenvalue weighted by Crippen LogP contribution is -2.39. The van der Waals surface area contributed by atoms with Crippen LogP contribution < -0.4 is 10.1 Å². The zero-order chi connectivity index (χ0) is 11.4. The highest BCUT2D eigenvalue weighted by molar-refractivity contribution is 5.40. The Morgan fingerprint density at radius 3 is 2.56 bits per heavy atom. The van der Waals surface area contributed by atoms with Gasteiger partial charge in [-0.05, 0) is 38.4 Å². The number of para-hydroxylation sites is 1. The first-order chi connectivity index (χ1) is 7.82. The maximum Gasteiger partial charge on any atom is 0.122 e. The summed E-state index contributed by atoms with van der Waals surface area (Å²) in [6, 6.07) is 8.48. The van der Waals surface area contributed by atoms with E-state index in [1.807, 2.05) is 6.07 Å². The van der Waals surface area contributed by atoms with Gasteiger partial charge in [0, 0.05) is 11.0 Å². The molecule has 1 fully saturated rings. The fourth-order valence-electron chi connectivity index (χ4n) is 2.80. The van der Waals surface area contributed by atoms with Crippen molar-refractivity contribution in [3.63, 3.8) is 0 Å². The van der Waals surface area contributed by atoms with Crippen LogP contribution in [-0.2, 0) is 5.41 Å². The molecular formula is C14H21NO. The third kappa shape index (κ3) is 1.94. The highest BCUT2D eigenvalue weighted by atomic mass is 16.5. The van der Waals surface area contributed by atoms with Crippen LogP contribution in [0.4, 0.5) is 0 Å². The van der Waals surface area contributed by atoms with E-state index in [0.717, 1.165) is 18.8 Å². The highest BCUT2D eigenvalue weighted by Crippen LogP contribution is 2.41. The first-order valence-corrected chi connectivity index (χ1v) is 6.16. The summed E-state index contributed by atoms with van der Waals surface area (Å²) < 4.78 is 5.51. The van der Waals surface area contributed by atoms with Crippen LogP contribution in [-0.4, -0.2) is 20.2 Å². The molecule has 2 heteroatoms. The van der Waals surface area contributed by atoms with E-state index in [4.69, 9.17) is 4.74 Å². The molecule has 0 saturated carbocycles. The van der Waals surface area contributed by atoms with Crippen molar-refractivity contribution in [1.82, 2.24) is 5.32 Å². The second-order valence-corrected chi connectivity index (χ2v) is 4.58. The largest absolute Gasteiger partial charge is 0.496 e. The molecule has 1 aliphatic heterocycles. The Balaban J connectivity index is 2.38. The van der Waals surface area contributed by atoms with Gasteiger partial charge in [0.2, 0.25) is 0 Å². The molecule has 1 aliphatic rings. The molecule has 0 aromatic heterocycles. The fourth-order valence-corrected chi connectivity index (χ4v) is 2.80. The number of methoxy groups -OCH3 is 1. The zero-order valence-corrected chi connectivity index (χ0v) is 10.3. The molecule has 0 aliphatic carbocycles. The van der Waals surface area contributed by atoms with E-state index in [1.54, 1.807) is 7.11 Å². The van der Waals surface area contributed by atoms with E-state index in [9.17, 15) is 0 Å². The summed E-state index contributed by atoms with van der Waals surface area (Å²) in [4.78, 5) is 0. The van der Waals surface area contributed by atoms with Crippen LogP contribution in [0.1, 0.15) is 31.7 Å². The van der Waals surface area contributed by atoms with Gasteiger partial charge in [0.25, 0.3) is 0 Å². The summed E-state index contributed by atoms with van der Waals surface area (Å²) >= 11 is 0. The molecule has 2 nitrogen and oxygen atoms in total. The molecule has 1 aromatic carbocycles.